The zero-order chi connectivity index (χ0) is 12.1. The first-order valence-corrected chi connectivity index (χ1v) is 5.68. The highest BCUT2D eigenvalue weighted by Gasteiger charge is 2.20. The van der Waals surface area contributed by atoms with Crippen LogP contribution in [0.3, 0.4) is 0 Å². The number of carbonyl (C=O) groups is 1. The van der Waals surface area contributed by atoms with Crippen LogP contribution in [0.1, 0.15) is 41.5 Å². The summed E-state index contributed by atoms with van der Waals surface area (Å²) in [5.74, 6) is 0.391. The molecular weight excluding hydrogens is 190 g/mol. The first-order chi connectivity index (χ1) is 6.76. The Kier molecular flexibility index (Phi) is 5.69. The molecule has 0 aliphatic heterocycles. The van der Waals surface area contributed by atoms with Gasteiger partial charge in [-0.2, -0.15) is 0 Å². The first-order valence-electron chi connectivity index (χ1n) is 5.68. The Morgan fingerprint density at radius 2 is 1.87 bits per heavy atom. The predicted molar refractivity (Wildman–Crippen MR) is 62.9 cm³/mol. The molecule has 0 fully saturated rings. The van der Waals surface area contributed by atoms with Crippen molar-refractivity contribution >= 4 is 6.09 Å². The van der Waals surface area contributed by atoms with Gasteiger partial charge in [-0.15, -0.1) is 0 Å². The highest BCUT2D eigenvalue weighted by molar-refractivity contribution is 5.67. The van der Waals surface area contributed by atoms with Crippen molar-refractivity contribution in [3.63, 3.8) is 0 Å². The average Bonchev–Trinajstić information content (AvgIpc) is 2.08. The van der Waals surface area contributed by atoms with Crippen molar-refractivity contribution in [1.82, 2.24) is 4.90 Å². The van der Waals surface area contributed by atoms with Gasteiger partial charge in [0.25, 0.3) is 0 Å². The second-order valence-corrected chi connectivity index (χ2v) is 5.55. The minimum absolute atomic E-state index is 0.118. The molecule has 0 aromatic rings. The maximum absolute atomic E-state index is 11.7. The molecule has 3 heteroatoms. The molecule has 0 saturated heterocycles. The second kappa shape index (κ2) is 5.99. The number of hydrogen-bond donors (Lipinski definition) is 0. The highest BCUT2D eigenvalue weighted by Crippen LogP contribution is 2.15. The third-order valence-electron chi connectivity index (χ3n) is 1.85. The molecule has 0 atom stereocenters. The van der Waals surface area contributed by atoms with E-state index in [2.05, 4.69) is 20.8 Å². The van der Waals surface area contributed by atoms with Gasteiger partial charge in [0.1, 0.15) is 0 Å². The van der Waals surface area contributed by atoms with Crippen LogP contribution in [-0.4, -0.2) is 30.7 Å². The summed E-state index contributed by atoms with van der Waals surface area (Å²) < 4.78 is 5.19. The average molecular weight is 215 g/mol. The zero-order valence-electron chi connectivity index (χ0n) is 11.0. The van der Waals surface area contributed by atoms with Gasteiger partial charge in [-0.3, -0.25) is 0 Å². The summed E-state index contributed by atoms with van der Waals surface area (Å²) in [6.45, 7) is 14.3. The van der Waals surface area contributed by atoms with Crippen LogP contribution in [0.25, 0.3) is 0 Å². The molecular formula is C12H25NO2. The van der Waals surface area contributed by atoms with E-state index in [1.807, 2.05) is 20.8 Å². The van der Waals surface area contributed by atoms with Gasteiger partial charge in [0.05, 0.1) is 6.61 Å². The number of amides is 1. The fourth-order valence-corrected chi connectivity index (χ4v) is 1.21. The van der Waals surface area contributed by atoms with E-state index in [1.54, 1.807) is 4.90 Å². The second-order valence-electron chi connectivity index (χ2n) is 5.55. The maximum Gasteiger partial charge on any atom is 0.409 e. The van der Waals surface area contributed by atoms with Crippen molar-refractivity contribution < 1.29 is 9.53 Å². The summed E-state index contributed by atoms with van der Waals surface area (Å²) in [6.07, 6.45) is -0.193. The minimum atomic E-state index is -0.193. The zero-order valence-corrected chi connectivity index (χ0v) is 11.0. The summed E-state index contributed by atoms with van der Waals surface area (Å²) in [5.41, 5.74) is 0.118. The van der Waals surface area contributed by atoms with E-state index in [1.165, 1.54) is 0 Å². The smallest absolute Gasteiger partial charge is 0.409 e. The van der Waals surface area contributed by atoms with Crippen molar-refractivity contribution in [2.24, 2.45) is 11.3 Å². The normalized spacial score (nSPS) is 11.7. The van der Waals surface area contributed by atoms with Crippen LogP contribution in [0.2, 0.25) is 0 Å². The molecule has 0 rings (SSSR count). The van der Waals surface area contributed by atoms with Gasteiger partial charge < -0.3 is 9.64 Å². The van der Waals surface area contributed by atoms with Crippen LogP contribution in [0.4, 0.5) is 4.79 Å². The van der Waals surface area contributed by atoms with E-state index in [-0.39, 0.29) is 11.5 Å². The number of carbonyl (C=O) groups excluding carboxylic acids is 1. The molecule has 0 saturated carbocycles. The largest absolute Gasteiger partial charge is 0.449 e. The Morgan fingerprint density at radius 3 is 2.20 bits per heavy atom. The SMILES string of the molecule is CCN(CC(C)(C)C)C(=O)OCC(C)C. The lowest BCUT2D eigenvalue weighted by Gasteiger charge is -2.28. The van der Waals surface area contributed by atoms with Gasteiger partial charge in [-0.05, 0) is 18.3 Å². The number of ether oxygens (including phenoxy) is 1. The van der Waals surface area contributed by atoms with Crippen molar-refractivity contribution in [2.75, 3.05) is 19.7 Å². The highest BCUT2D eigenvalue weighted by atomic mass is 16.6. The number of nitrogens with zero attached hydrogens (tertiary/aromatic N) is 1. The molecule has 0 heterocycles. The molecule has 15 heavy (non-hydrogen) atoms. The van der Waals surface area contributed by atoms with Gasteiger partial charge in [-0.1, -0.05) is 34.6 Å². The molecule has 0 unspecified atom stereocenters. The number of rotatable bonds is 4. The fraction of sp³-hybridized carbons (Fsp3) is 0.917. The molecule has 90 valence electrons. The molecule has 0 bridgehead atoms. The van der Waals surface area contributed by atoms with Crippen molar-refractivity contribution in [2.45, 2.75) is 41.5 Å². The van der Waals surface area contributed by atoms with Crippen LogP contribution in [-0.2, 0) is 4.74 Å². The molecule has 0 aromatic carbocycles. The summed E-state index contributed by atoms with van der Waals surface area (Å²) in [5, 5.41) is 0. The van der Waals surface area contributed by atoms with Crippen LogP contribution >= 0.6 is 0 Å². The van der Waals surface area contributed by atoms with Crippen LogP contribution < -0.4 is 0 Å². The van der Waals surface area contributed by atoms with E-state index in [4.69, 9.17) is 4.74 Å². The lowest BCUT2D eigenvalue weighted by atomic mass is 9.96. The van der Waals surface area contributed by atoms with E-state index < -0.39 is 0 Å². The molecule has 0 aliphatic rings. The Bertz CT molecular complexity index is 194. The lowest BCUT2D eigenvalue weighted by molar-refractivity contribution is 0.0822. The lowest BCUT2D eigenvalue weighted by Crippen LogP contribution is -2.38. The van der Waals surface area contributed by atoms with Crippen molar-refractivity contribution in [1.29, 1.82) is 0 Å². The molecule has 0 radical (unpaired) electrons. The first kappa shape index (κ1) is 14.3. The summed E-state index contributed by atoms with van der Waals surface area (Å²) in [7, 11) is 0. The van der Waals surface area contributed by atoms with Gasteiger partial charge in [0, 0.05) is 13.1 Å². The van der Waals surface area contributed by atoms with Crippen molar-refractivity contribution in [3.8, 4) is 0 Å². The topological polar surface area (TPSA) is 29.5 Å². The number of hydrogen-bond acceptors (Lipinski definition) is 2. The summed E-state index contributed by atoms with van der Waals surface area (Å²) in [4.78, 5) is 13.4. The fourth-order valence-electron chi connectivity index (χ4n) is 1.21. The van der Waals surface area contributed by atoms with E-state index in [9.17, 15) is 4.79 Å². The van der Waals surface area contributed by atoms with Gasteiger partial charge >= 0.3 is 6.09 Å². The van der Waals surface area contributed by atoms with E-state index in [0.29, 0.717) is 19.1 Å². The summed E-state index contributed by atoms with van der Waals surface area (Å²) in [6, 6.07) is 0. The molecule has 0 N–H and O–H groups in total. The Balaban J connectivity index is 4.11. The van der Waals surface area contributed by atoms with Crippen LogP contribution in [0.15, 0.2) is 0 Å². The van der Waals surface area contributed by atoms with Gasteiger partial charge in [0.15, 0.2) is 0 Å². The molecule has 0 spiro atoms. The molecule has 0 aromatic heterocycles. The third-order valence-corrected chi connectivity index (χ3v) is 1.85. The molecule has 3 nitrogen and oxygen atoms in total. The van der Waals surface area contributed by atoms with Crippen LogP contribution in [0.5, 0.6) is 0 Å². The van der Waals surface area contributed by atoms with Gasteiger partial charge in [-0.25, -0.2) is 4.79 Å². The van der Waals surface area contributed by atoms with Gasteiger partial charge in [0.2, 0.25) is 0 Å². The van der Waals surface area contributed by atoms with Crippen LogP contribution in [0, 0.1) is 11.3 Å². The quantitative estimate of drug-likeness (QED) is 0.721. The molecule has 0 aliphatic carbocycles. The van der Waals surface area contributed by atoms with E-state index in [0.717, 1.165) is 6.54 Å². The third kappa shape index (κ3) is 7.23. The van der Waals surface area contributed by atoms with E-state index >= 15 is 0 Å². The molecule has 1 amide bonds. The monoisotopic (exact) mass is 215 g/mol. The maximum atomic E-state index is 11.7. The Morgan fingerprint density at radius 1 is 1.33 bits per heavy atom. The predicted octanol–water partition coefficient (Wildman–Crippen LogP) is 3.15. The Hall–Kier alpha value is -0.730. The Labute approximate surface area is 93.8 Å². The standard InChI is InChI=1S/C12H25NO2/c1-7-13(9-12(4,5)6)11(14)15-8-10(2)3/h10H,7-9H2,1-6H3. The van der Waals surface area contributed by atoms with Crippen molar-refractivity contribution in [3.05, 3.63) is 0 Å². The summed E-state index contributed by atoms with van der Waals surface area (Å²) >= 11 is 0. The minimum Gasteiger partial charge on any atom is -0.449 e.